The first-order valence-electron chi connectivity index (χ1n) is 4.23. The Hall–Kier alpha value is -1.27. The molecule has 16 heavy (non-hydrogen) atoms. The molecule has 88 valence electrons. The van der Waals surface area contributed by atoms with Gasteiger partial charge in [-0.15, -0.1) is 11.6 Å². The molecule has 0 atom stereocenters. The van der Waals surface area contributed by atoms with Crippen LogP contribution in [0.5, 0.6) is 0 Å². The quantitative estimate of drug-likeness (QED) is 0.659. The number of rotatable bonds is 4. The van der Waals surface area contributed by atoms with Gasteiger partial charge in [0.05, 0.1) is 12.7 Å². The predicted molar refractivity (Wildman–Crippen MR) is 61.0 cm³/mol. The number of hydrogen-bond donors (Lipinski definition) is 1. The van der Waals surface area contributed by atoms with Crippen LogP contribution >= 0.6 is 11.6 Å². The number of nitrogens with one attached hydrogen (secondary N) is 1. The number of methoxy groups -OCH3 is 1. The first-order valence-corrected chi connectivity index (χ1v) is 6.42. The van der Waals surface area contributed by atoms with Crippen LogP contribution in [0.4, 0.5) is 5.69 Å². The molecule has 1 aromatic carbocycles. The smallest absolute Gasteiger partial charge is 0.337 e. The van der Waals surface area contributed by atoms with Gasteiger partial charge in [-0.1, -0.05) is 6.07 Å². The third-order valence-electron chi connectivity index (χ3n) is 1.70. The zero-order valence-corrected chi connectivity index (χ0v) is 10.0. The number of benzene rings is 1. The Kier molecular flexibility index (Phi) is 4.14. The van der Waals surface area contributed by atoms with Crippen molar-refractivity contribution < 1.29 is 17.9 Å². The summed E-state index contributed by atoms with van der Waals surface area (Å²) >= 11 is 5.23. The molecule has 0 saturated heterocycles. The van der Waals surface area contributed by atoms with Gasteiger partial charge in [0, 0.05) is 5.69 Å². The Bertz CT molecular complexity index is 486. The van der Waals surface area contributed by atoms with Crippen molar-refractivity contribution in [1.29, 1.82) is 0 Å². The van der Waals surface area contributed by atoms with Crippen LogP contribution in [-0.2, 0) is 14.8 Å². The van der Waals surface area contributed by atoms with Gasteiger partial charge in [-0.2, -0.15) is 0 Å². The fourth-order valence-electron chi connectivity index (χ4n) is 1.03. The van der Waals surface area contributed by atoms with E-state index in [0.717, 1.165) is 0 Å². The van der Waals surface area contributed by atoms with Crippen molar-refractivity contribution in [3.63, 3.8) is 0 Å². The average molecular weight is 264 g/mol. The van der Waals surface area contributed by atoms with E-state index in [-0.39, 0.29) is 11.3 Å². The van der Waals surface area contributed by atoms with E-state index in [4.69, 9.17) is 11.6 Å². The molecule has 0 spiro atoms. The number of carbonyl (C=O) groups excluding carboxylic acids is 1. The molecule has 0 aromatic heterocycles. The summed E-state index contributed by atoms with van der Waals surface area (Å²) in [7, 11) is -2.31. The van der Waals surface area contributed by atoms with Gasteiger partial charge < -0.3 is 4.74 Å². The number of hydrogen-bond acceptors (Lipinski definition) is 4. The largest absolute Gasteiger partial charge is 0.465 e. The molecule has 0 saturated carbocycles. The van der Waals surface area contributed by atoms with E-state index in [9.17, 15) is 13.2 Å². The number of sulfonamides is 1. The van der Waals surface area contributed by atoms with Gasteiger partial charge in [0.2, 0.25) is 10.0 Å². The predicted octanol–water partition coefficient (Wildman–Crippen LogP) is 1.41. The molecule has 0 amide bonds. The van der Waals surface area contributed by atoms with Crippen LogP contribution in [0, 0.1) is 0 Å². The summed E-state index contributed by atoms with van der Waals surface area (Å²) in [6.45, 7) is 0. The molecule has 1 rings (SSSR count). The van der Waals surface area contributed by atoms with E-state index in [1.807, 2.05) is 0 Å². The molecule has 0 aliphatic heterocycles. The van der Waals surface area contributed by atoms with E-state index in [1.165, 1.54) is 25.3 Å². The molecular weight excluding hydrogens is 254 g/mol. The lowest BCUT2D eigenvalue weighted by Gasteiger charge is -2.06. The molecule has 5 nitrogen and oxygen atoms in total. The zero-order valence-electron chi connectivity index (χ0n) is 8.44. The van der Waals surface area contributed by atoms with Crippen LogP contribution < -0.4 is 4.72 Å². The molecule has 0 aliphatic carbocycles. The standard InChI is InChI=1S/C9H10ClNO4S/c1-15-9(12)7-3-2-4-8(5-7)11-16(13,14)6-10/h2-5,11H,6H2,1H3. The van der Waals surface area contributed by atoms with Crippen molar-refractivity contribution >= 4 is 33.3 Å². The maximum Gasteiger partial charge on any atom is 0.337 e. The third-order valence-corrected chi connectivity index (χ3v) is 3.40. The zero-order chi connectivity index (χ0) is 12.2. The molecule has 1 N–H and O–H groups in total. The first kappa shape index (κ1) is 12.8. The number of esters is 1. The highest BCUT2D eigenvalue weighted by atomic mass is 35.5. The Morgan fingerprint density at radius 2 is 2.19 bits per heavy atom. The van der Waals surface area contributed by atoms with Crippen LogP contribution in [0.25, 0.3) is 0 Å². The highest BCUT2D eigenvalue weighted by Crippen LogP contribution is 2.13. The van der Waals surface area contributed by atoms with Crippen LogP contribution in [-0.4, -0.2) is 26.7 Å². The first-order chi connectivity index (χ1) is 7.48. The van der Waals surface area contributed by atoms with Crippen molar-refractivity contribution in [3.05, 3.63) is 29.8 Å². The van der Waals surface area contributed by atoms with Crippen molar-refractivity contribution in [3.8, 4) is 0 Å². The van der Waals surface area contributed by atoms with Crippen molar-refractivity contribution in [2.24, 2.45) is 0 Å². The van der Waals surface area contributed by atoms with Gasteiger partial charge in [-0.05, 0) is 18.2 Å². The minimum Gasteiger partial charge on any atom is -0.465 e. The number of halogens is 1. The maximum atomic E-state index is 11.2. The Labute approximate surface area is 98.4 Å². The fourth-order valence-corrected chi connectivity index (χ4v) is 1.74. The lowest BCUT2D eigenvalue weighted by Crippen LogP contribution is -2.13. The SMILES string of the molecule is COC(=O)c1cccc(NS(=O)(=O)CCl)c1. The van der Waals surface area contributed by atoms with Crippen molar-refractivity contribution in [2.45, 2.75) is 0 Å². The summed E-state index contributed by atoms with van der Waals surface area (Å²) < 4.78 is 29.0. The number of alkyl halides is 1. The molecule has 7 heteroatoms. The van der Waals surface area contributed by atoms with Gasteiger partial charge in [0.1, 0.15) is 5.21 Å². The van der Waals surface area contributed by atoms with E-state index in [0.29, 0.717) is 0 Å². The molecule has 1 aromatic rings. The average Bonchev–Trinajstić information content (AvgIpc) is 2.28. The van der Waals surface area contributed by atoms with Crippen LogP contribution in [0.15, 0.2) is 24.3 Å². The van der Waals surface area contributed by atoms with Gasteiger partial charge >= 0.3 is 5.97 Å². The monoisotopic (exact) mass is 263 g/mol. The maximum absolute atomic E-state index is 11.2. The van der Waals surface area contributed by atoms with E-state index >= 15 is 0 Å². The second kappa shape index (κ2) is 5.18. The summed E-state index contributed by atoms with van der Waals surface area (Å²) in [6, 6.07) is 5.94. The van der Waals surface area contributed by atoms with Gasteiger partial charge in [0.25, 0.3) is 0 Å². The van der Waals surface area contributed by atoms with E-state index in [2.05, 4.69) is 9.46 Å². The molecule has 0 fully saturated rings. The summed E-state index contributed by atoms with van der Waals surface area (Å²) in [4.78, 5) is 11.2. The number of anilines is 1. The normalized spacial score (nSPS) is 10.9. The van der Waals surface area contributed by atoms with Crippen molar-refractivity contribution in [1.82, 2.24) is 0 Å². The topological polar surface area (TPSA) is 72.5 Å². The molecular formula is C9H10ClNO4S. The summed E-state index contributed by atoms with van der Waals surface area (Å²) in [5.41, 5.74) is 0.529. The Morgan fingerprint density at radius 1 is 1.50 bits per heavy atom. The van der Waals surface area contributed by atoms with Crippen LogP contribution in [0.1, 0.15) is 10.4 Å². The number of carbonyl (C=O) groups is 1. The number of ether oxygens (including phenoxy) is 1. The Balaban J connectivity index is 2.96. The highest BCUT2D eigenvalue weighted by molar-refractivity contribution is 7.93. The highest BCUT2D eigenvalue weighted by Gasteiger charge is 2.10. The van der Waals surface area contributed by atoms with Gasteiger partial charge in [-0.3, -0.25) is 4.72 Å². The summed E-state index contributed by atoms with van der Waals surface area (Å²) in [5.74, 6) is -0.535. The lowest BCUT2D eigenvalue weighted by atomic mass is 10.2. The van der Waals surface area contributed by atoms with E-state index in [1.54, 1.807) is 6.07 Å². The van der Waals surface area contributed by atoms with E-state index < -0.39 is 21.2 Å². The molecule has 0 heterocycles. The second-order valence-electron chi connectivity index (χ2n) is 2.90. The Morgan fingerprint density at radius 3 is 2.75 bits per heavy atom. The third kappa shape index (κ3) is 3.39. The fraction of sp³-hybridized carbons (Fsp3) is 0.222. The van der Waals surface area contributed by atoms with Gasteiger partial charge in [-0.25, -0.2) is 13.2 Å². The lowest BCUT2D eigenvalue weighted by molar-refractivity contribution is 0.0601. The molecule has 0 radical (unpaired) electrons. The summed E-state index contributed by atoms with van der Waals surface area (Å²) in [6.07, 6.45) is 0. The molecule has 0 unspecified atom stereocenters. The van der Waals surface area contributed by atoms with Gasteiger partial charge in [0.15, 0.2) is 0 Å². The summed E-state index contributed by atoms with van der Waals surface area (Å²) in [5, 5.41) is -0.546. The minimum atomic E-state index is -3.56. The van der Waals surface area contributed by atoms with Crippen molar-refractivity contribution in [2.75, 3.05) is 17.0 Å². The van der Waals surface area contributed by atoms with Crippen LogP contribution in [0.2, 0.25) is 0 Å². The molecule has 0 aliphatic rings. The minimum absolute atomic E-state index is 0.261. The molecule has 0 bridgehead atoms. The second-order valence-corrected chi connectivity index (χ2v) is 5.20. The van der Waals surface area contributed by atoms with Crippen LogP contribution in [0.3, 0.4) is 0 Å².